The summed E-state index contributed by atoms with van der Waals surface area (Å²) in [5.41, 5.74) is 0.990. The quantitative estimate of drug-likeness (QED) is 0.268. The lowest BCUT2D eigenvalue weighted by Crippen LogP contribution is -2.28. The van der Waals surface area contributed by atoms with Gasteiger partial charge in [0.2, 0.25) is 0 Å². The molecule has 4 atom stereocenters. The number of oxime groups is 1. The van der Waals surface area contributed by atoms with E-state index in [1.165, 1.54) is 0 Å². The summed E-state index contributed by atoms with van der Waals surface area (Å²) in [7, 11) is 0. The van der Waals surface area contributed by atoms with Gasteiger partial charge in [0, 0.05) is 23.6 Å². The maximum Gasteiger partial charge on any atom is 0.303 e. The molecule has 0 spiro atoms. The molecule has 5 nitrogen and oxygen atoms in total. The Hall–Kier alpha value is -1.85. The molecule has 0 aliphatic carbocycles. The van der Waals surface area contributed by atoms with Crippen molar-refractivity contribution < 1.29 is 19.5 Å². The van der Waals surface area contributed by atoms with Crippen molar-refractivity contribution in [1.82, 2.24) is 0 Å². The molecule has 2 bridgehead atoms. The van der Waals surface area contributed by atoms with Crippen molar-refractivity contribution in [3.63, 3.8) is 0 Å². The van der Waals surface area contributed by atoms with Crippen molar-refractivity contribution in [3.8, 4) is 0 Å². The number of fused-ring (bicyclic) bond motifs is 2. The first-order chi connectivity index (χ1) is 13.1. The highest BCUT2D eigenvalue weighted by atomic mass is 35.5. The number of rotatable bonds is 10. The van der Waals surface area contributed by atoms with E-state index in [-0.39, 0.29) is 18.4 Å². The van der Waals surface area contributed by atoms with E-state index in [1.54, 1.807) is 0 Å². The zero-order valence-electron chi connectivity index (χ0n) is 15.3. The Kier molecular flexibility index (Phi) is 7.30. The van der Waals surface area contributed by atoms with Crippen LogP contribution >= 0.6 is 11.6 Å². The van der Waals surface area contributed by atoms with Crippen LogP contribution in [-0.2, 0) is 21.0 Å². The number of hydrogen-bond donors (Lipinski definition) is 1. The molecule has 0 aromatic heterocycles. The topological polar surface area (TPSA) is 68.1 Å². The highest BCUT2D eigenvalue weighted by molar-refractivity contribution is 6.30. The molecule has 1 N–H and O–H groups in total. The largest absolute Gasteiger partial charge is 0.481 e. The van der Waals surface area contributed by atoms with E-state index in [9.17, 15) is 4.79 Å². The minimum Gasteiger partial charge on any atom is -0.481 e. The van der Waals surface area contributed by atoms with Crippen LogP contribution in [0.3, 0.4) is 0 Å². The van der Waals surface area contributed by atoms with Crippen LogP contribution in [0.5, 0.6) is 0 Å². The van der Waals surface area contributed by atoms with E-state index >= 15 is 0 Å². The summed E-state index contributed by atoms with van der Waals surface area (Å²) in [6.45, 7) is 0.396. The molecule has 0 amide bonds. The van der Waals surface area contributed by atoms with E-state index in [2.05, 4.69) is 17.3 Å². The standard InChI is InChI=1S/C21H26ClNO4/c22-16-7-5-6-15(12-16)14-26-23-13-18-17(19-10-11-20(18)27-19)8-3-1-2-4-9-21(24)25/h1,3,5-7,12-13,17-20H,2,4,8-11,14H2,(H,24,25)/b3-1-,23-13+/t17-,18-,19+,20-/m0/s1. The maximum absolute atomic E-state index is 10.5. The molecule has 2 aliphatic rings. The van der Waals surface area contributed by atoms with Gasteiger partial charge in [-0.2, -0.15) is 0 Å². The van der Waals surface area contributed by atoms with Gasteiger partial charge in [-0.05, 0) is 55.7 Å². The third-order valence-electron chi connectivity index (χ3n) is 5.25. The number of aliphatic carboxylic acids is 1. The van der Waals surface area contributed by atoms with Crippen LogP contribution in [0.25, 0.3) is 0 Å². The summed E-state index contributed by atoms with van der Waals surface area (Å²) >= 11 is 5.97. The smallest absolute Gasteiger partial charge is 0.303 e. The molecule has 1 aromatic carbocycles. The Morgan fingerprint density at radius 3 is 3.00 bits per heavy atom. The molecule has 0 radical (unpaired) electrons. The Morgan fingerprint density at radius 1 is 1.33 bits per heavy atom. The molecule has 2 saturated heterocycles. The number of hydrogen-bond acceptors (Lipinski definition) is 4. The molecule has 2 heterocycles. The summed E-state index contributed by atoms with van der Waals surface area (Å²) in [6, 6.07) is 7.56. The van der Waals surface area contributed by atoms with E-state index in [0.717, 1.165) is 31.2 Å². The monoisotopic (exact) mass is 391 g/mol. The Balaban J connectivity index is 1.46. The highest BCUT2D eigenvalue weighted by Crippen LogP contribution is 2.44. The fourth-order valence-electron chi connectivity index (χ4n) is 3.92. The summed E-state index contributed by atoms with van der Waals surface area (Å²) in [5, 5.41) is 13.5. The lowest BCUT2D eigenvalue weighted by atomic mass is 9.78. The van der Waals surface area contributed by atoms with Crippen LogP contribution < -0.4 is 0 Å². The van der Waals surface area contributed by atoms with Crippen LogP contribution in [0.4, 0.5) is 0 Å². The van der Waals surface area contributed by atoms with E-state index < -0.39 is 5.97 Å². The Morgan fingerprint density at radius 2 is 2.19 bits per heavy atom. The zero-order valence-corrected chi connectivity index (χ0v) is 16.1. The lowest BCUT2D eigenvalue weighted by Gasteiger charge is -2.23. The van der Waals surface area contributed by atoms with E-state index in [4.69, 9.17) is 26.3 Å². The number of nitrogens with zero attached hydrogens (tertiary/aromatic N) is 1. The zero-order chi connectivity index (χ0) is 19.1. The fraction of sp³-hybridized carbons (Fsp3) is 0.524. The predicted octanol–water partition coefficient (Wildman–Crippen LogP) is 4.84. The summed E-state index contributed by atoms with van der Waals surface area (Å²) in [6.07, 6.45) is 11.5. The van der Waals surface area contributed by atoms with Gasteiger partial charge in [0.25, 0.3) is 0 Å². The Bertz CT molecular complexity index is 691. The predicted molar refractivity (Wildman–Crippen MR) is 105 cm³/mol. The average molecular weight is 392 g/mol. The van der Waals surface area contributed by atoms with Crippen molar-refractivity contribution in [2.45, 2.75) is 57.3 Å². The third-order valence-corrected chi connectivity index (χ3v) is 5.49. The van der Waals surface area contributed by atoms with Crippen LogP contribution in [0.2, 0.25) is 5.02 Å². The molecule has 2 aliphatic heterocycles. The molecule has 6 heteroatoms. The number of benzene rings is 1. The van der Waals surface area contributed by atoms with Crippen molar-refractivity contribution >= 4 is 23.8 Å². The normalized spacial score (nSPS) is 27.0. The number of ether oxygens (including phenoxy) is 1. The highest BCUT2D eigenvalue weighted by Gasteiger charge is 2.47. The number of unbranched alkanes of at least 4 members (excludes halogenated alkanes) is 1. The van der Waals surface area contributed by atoms with E-state index in [0.29, 0.717) is 30.1 Å². The van der Waals surface area contributed by atoms with Gasteiger partial charge in [0.1, 0.15) is 6.61 Å². The molecule has 3 rings (SSSR count). The summed E-state index contributed by atoms with van der Waals surface area (Å²) in [5.74, 6) is -0.0521. The van der Waals surface area contributed by atoms with Gasteiger partial charge in [0.15, 0.2) is 0 Å². The molecule has 1 aromatic rings. The van der Waals surface area contributed by atoms with Gasteiger partial charge in [-0.3, -0.25) is 4.79 Å². The summed E-state index contributed by atoms with van der Waals surface area (Å²) in [4.78, 5) is 16.0. The Labute approximate surface area is 165 Å². The van der Waals surface area contributed by atoms with Gasteiger partial charge in [-0.25, -0.2) is 0 Å². The number of allylic oxidation sites excluding steroid dienone is 2. The van der Waals surface area contributed by atoms with Gasteiger partial charge in [-0.15, -0.1) is 0 Å². The fourth-order valence-corrected chi connectivity index (χ4v) is 4.13. The van der Waals surface area contributed by atoms with Crippen LogP contribution in [0, 0.1) is 11.8 Å². The van der Waals surface area contributed by atoms with Gasteiger partial charge in [-0.1, -0.05) is 41.0 Å². The van der Waals surface area contributed by atoms with Gasteiger partial charge < -0.3 is 14.7 Å². The number of carboxylic acids is 1. The lowest BCUT2D eigenvalue weighted by molar-refractivity contribution is -0.137. The van der Waals surface area contributed by atoms with Crippen molar-refractivity contribution in [2.24, 2.45) is 17.0 Å². The second kappa shape index (κ2) is 9.90. The summed E-state index contributed by atoms with van der Waals surface area (Å²) < 4.78 is 6.06. The minimum absolute atomic E-state index is 0.223. The van der Waals surface area contributed by atoms with Gasteiger partial charge >= 0.3 is 5.97 Å². The van der Waals surface area contributed by atoms with Crippen LogP contribution in [-0.4, -0.2) is 29.5 Å². The molecule has 0 unspecified atom stereocenters. The molecular weight excluding hydrogens is 366 g/mol. The third kappa shape index (κ3) is 5.81. The van der Waals surface area contributed by atoms with Crippen molar-refractivity contribution in [3.05, 3.63) is 47.0 Å². The van der Waals surface area contributed by atoms with Crippen molar-refractivity contribution in [2.75, 3.05) is 0 Å². The maximum atomic E-state index is 10.5. The number of carboxylic acid groups (broad SMARTS) is 1. The molecule has 0 saturated carbocycles. The van der Waals surface area contributed by atoms with Crippen LogP contribution in [0.1, 0.15) is 44.1 Å². The average Bonchev–Trinajstić information content (AvgIpc) is 3.23. The molecule has 146 valence electrons. The SMILES string of the molecule is O=C(O)CCC/C=C\C[C@H]1[C@H](/C=N/OCc2cccc(Cl)c2)[C@@H]2CC[C@H]1O2. The van der Waals surface area contributed by atoms with E-state index in [1.807, 2.05) is 30.5 Å². The van der Waals surface area contributed by atoms with Crippen molar-refractivity contribution in [1.29, 1.82) is 0 Å². The first kappa shape index (κ1) is 19.9. The number of halogens is 1. The van der Waals surface area contributed by atoms with Gasteiger partial charge in [0.05, 0.1) is 12.2 Å². The first-order valence-electron chi connectivity index (χ1n) is 9.55. The molecule has 2 fully saturated rings. The second-order valence-electron chi connectivity index (χ2n) is 7.18. The minimum atomic E-state index is -0.737. The molecular formula is C21H26ClNO4. The first-order valence-corrected chi connectivity index (χ1v) is 9.93. The van der Waals surface area contributed by atoms with Crippen LogP contribution in [0.15, 0.2) is 41.6 Å². The molecule has 27 heavy (non-hydrogen) atoms. The second-order valence-corrected chi connectivity index (χ2v) is 7.62. The number of carbonyl (C=O) groups is 1.